The number of aryl methyl sites for hydroxylation is 1. The zero-order chi connectivity index (χ0) is 13.8. The monoisotopic (exact) mass is 264 g/mol. The average Bonchev–Trinajstić information content (AvgIpc) is 2.55. The van der Waals surface area contributed by atoms with E-state index in [-0.39, 0.29) is 5.82 Å². The molecule has 1 aromatic rings. The first-order chi connectivity index (χ1) is 9.10. The molecule has 1 aliphatic rings. The van der Waals surface area contributed by atoms with Crippen LogP contribution in [0.2, 0.25) is 0 Å². The van der Waals surface area contributed by atoms with Crippen molar-refractivity contribution < 1.29 is 4.39 Å². The third-order valence-electron chi connectivity index (χ3n) is 4.24. The van der Waals surface area contributed by atoms with E-state index >= 15 is 0 Å². The molecule has 19 heavy (non-hydrogen) atoms. The fraction of sp³-hybridized carbons (Fsp3) is 0.625. The molecular weight excluding hydrogens is 239 g/mol. The van der Waals surface area contributed by atoms with Crippen molar-refractivity contribution >= 4 is 0 Å². The molecule has 2 unspecified atom stereocenters. The standard InChI is InChI=1S/C16H25FN2/c1-4-16-11-19(13(3)7-8-18-16)10-14-5-6-15(17)9-12(14)2/h5-6,9,13,16,18H,4,7-8,10-11H2,1-3H3. The first-order valence-electron chi connectivity index (χ1n) is 7.32. The predicted molar refractivity (Wildman–Crippen MR) is 77.7 cm³/mol. The van der Waals surface area contributed by atoms with Gasteiger partial charge in [-0.15, -0.1) is 0 Å². The Kier molecular flexibility index (Phi) is 4.94. The molecule has 0 saturated carbocycles. The molecule has 0 aliphatic carbocycles. The lowest BCUT2D eigenvalue weighted by Crippen LogP contribution is -2.39. The summed E-state index contributed by atoms with van der Waals surface area (Å²) in [4.78, 5) is 2.52. The van der Waals surface area contributed by atoms with Gasteiger partial charge in [0.1, 0.15) is 5.82 Å². The van der Waals surface area contributed by atoms with Crippen molar-refractivity contribution in [2.75, 3.05) is 13.1 Å². The molecule has 1 N–H and O–H groups in total. The van der Waals surface area contributed by atoms with Crippen LogP contribution < -0.4 is 5.32 Å². The minimum absolute atomic E-state index is 0.140. The highest BCUT2D eigenvalue weighted by Crippen LogP contribution is 2.18. The summed E-state index contributed by atoms with van der Waals surface area (Å²) in [6, 6.07) is 6.28. The molecule has 1 saturated heterocycles. The Hall–Kier alpha value is -0.930. The zero-order valence-corrected chi connectivity index (χ0v) is 12.2. The molecule has 1 heterocycles. The van der Waals surface area contributed by atoms with Gasteiger partial charge in [0.05, 0.1) is 0 Å². The lowest BCUT2D eigenvalue weighted by Gasteiger charge is -2.29. The average molecular weight is 264 g/mol. The van der Waals surface area contributed by atoms with Gasteiger partial charge in [-0.05, 0) is 56.5 Å². The predicted octanol–water partition coefficient (Wildman–Crippen LogP) is 3.10. The van der Waals surface area contributed by atoms with E-state index in [1.807, 2.05) is 13.0 Å². The summed E-state index contributed by atoms with van der Waals surface area (Å²) < 4.78 is 13.2. The van der Waals surface area contributed by atoms with Gasteiger partial charge in [0.2, 0.25) is 0 Å². The second-order valence-electron chi connectivity index (χ2n) is 5.70. The molecule has 106 valence electrons. The Bertz CT molecular complexity index is 419. The van der Waals surface area contributed by atoms with Gasteiger partial charge in [-0.1, -0.05) is 13.0 Å². The molecule has 2 nitrogen and oxygen atoms in total. The molecule has 0 spiro atoms. The van der Waals surface area contributed by atoms with Gasteiger partial charge in [0, 0.05) is 25.2 Å². The molecule has 3 heteroatoms. The first kappa shape index (κ1) is 14.5. The quantitative estimate of drug-likeness (QED) is 0.902. The number of hydrogen-bond donors (Lipinski definition) is 1. The Morgan fingerprint density at radius 2 is 2.21 bits per heavy atom. The van der Waals surface area contributed by atoms with Gasteiger partial charge in [-0.25, -0.2) is 4.39 Å². The van der Waals surface area contributed by atoms with Crippen LogP contribution in [0.1, 0.15) is 37.8 Å². The smallest absolute Gasteiger partial charge is 0.123 e. The SMILES string of the molecule is CCC1CN(Cc2ccc(F)cc2C)C(C)CCN1. The van der Waals surface area contributed by atoms with E-state index in [1.165, 1.54) is 12.0 Å². The molecule has 0 aromatic heterocycles. The Labute approximate surface area is 116 Å². The number of rotatable bonds is 3. The largest absolute Gasteiger partial charge is 0.313 e. The second kappa shape index (κ2) is 6.49. The number of hydrogen-bond acceptors (Lipinski definition) is 2. The van der Waals surface area contributed by atoms with Crippen LogP contribution in [0.4, 0.5) is 4.39 Å². The zero-order valence-electron chi connectivity index (χ0n) is 12.2. The van der Waals surface area contributed by atoms with E-state index in [9.17, 15) is 4.39 Å². The van der Waals surface area contributed by atoms with Crippen LogP contribution >= 0.6 is 0 Å². The maximum absolute atomic E-state index is 13.2. The molecule has 2 rings (SSSR count). The number of nitrogens with one attached hydrogen (secondary N) is 1. The Balaban J connectivity index is 2.10. The molecule has 0 bridgehead atoms. The van der Waals surface area contributed by atoms with E-state index in [0.29, 0.717) is 12.1 Å². The molecule has 1 fully saturated rings. The molecule has 0 amide bonds. The van der Waals surface area contributed by atoms with Crippen LogP contribution in [0.5, 0.6) is 0 Å². The molecule has 0 radical (unpaired) electrons. The maximum Gasteiger partial charge on any atom is 0.123 e. The fourth-order valence-electron chi connectivity index (χ4n) is 2.76. The van der Waals surface area contributed by atoms with Crippen LogP contribution in [-0.2, 0) is 6.54 Å². The van der Waals surface area contributed by atoms with Gasteiger partial charge in [-0.2, -0.15) is 0 Å². The van der Waals surface area contributed by atoms with Crippen molar-refractivity contribution in [1.29, 1.82) is 0 Å². The second-order valence-corrected chi connectivity index (χ2v) is 5.70. The van der Waals surface area contributed by atoms with Crippen molar-refractivity contribution in [3.05, 3.63) is 35.1 Å². The summed E-state index contributed by atoms with van der Waals surface area (Å²) in [5.41, 5.74) is 2.29. The van der Waals surface area contributed by atoms with Crippen LogP contribution in [0, 0.1) is 12.7 Å². The lowest BCUT2D eigenvalue weighted by atomic mass is 10.1. The van der Waals surface area contributed by atoms with E-state index in [4.69, 9.17) is 0 Å². The number of halogens is 1. The maximum atomic E-state index is 13.2. The fourth-order valence-corrected chi connectivity index (χ4v) is 2.76. The Morgan fingerprint density at radius 3 is 2.89 bits per heavy atom. The van der Waals surface area contributed by atoms with Crippen molar-refractivity contribution in [3.8, 4) is 0 Å². The van der Waals surface area contributed by atoms with Crippen molar-refractivity contribution in [1.82, 2.24) is 10.2 Å². The highest BCUT2D eigenvalue weighted by Gasteiger charge is 2.22. The van der Waals surface area contributed by atoms with E-state index < -0.39 is 0 Å². The van der Waals surface area contributed by atoms with Crippen molar-refractivity contribution in [3.63, 3.8) is 0 Å². The normalized spacial score (nSPS) is 25.3. The van der Waals surface area contributed by atoms with Crippen LogP contribution in [0.25, 0.3) is 0 Å². The highest BCUT2D eigenvalue weighted by atomic mass is 19.1. The van der Waals surface area contributed by atoms with Gasteiger partial charge in [-0.3, -0.25) is 4.90 Å². The molecule has 1 aliphatic heterocycles. The number of nitrogens with zero attached hydrogens (tertiary/aromatic N) is 1. The number of benzene rings is 1. The van der Waals surface area contributed by atoms with Crippen LogP contribution in [0.3, 0.4) is 0 Å². The summed E-state index contributed by atoms with van der Waals surface area (Å²) in [5.74, 6) is -0.140. The lowest BCUT2D eigenvalue weighted by molar-refractivity contribution is 0.194. The van der Waals surface area contributed by atoms with Gasteiger partial charge in [0.25, 0.3) is 0 Å². The molecular formula is C16H25FN2. The third kappa shape index (κ3) is 3.77. The van der Waals surface area contributed by atoms with Crippen LogP contribution in [0.15, 0.2) is 18.2 Å². The van der Waals surface area contributed by atoms with E-state index in [0.717, 1.165) is 31.6 Å². The van der Waals surface area contributed by atoms with E-state index in [2.05, 4.69) is 24.1 Å². The van der Waals surface area contributed by atoms with Gasteiger partial charge < -0.3 is 5.32 Å². The van der Waals surface area contributed by atoms with Crippen LogP contribution in [-0.4, -0.2) is 30.1 Å². The van der Waals surface area contributed by atoms with E-state index in [1.54, 1.807) is 12.1 Å². The Morgan fingerprint density at radius 1 is 1.42 bits per heavy atom. The topological polar surface area (TPSA) is 15.3 Å². The summed E-state index contributed by atoms with van der Waals surface area (Å²) in [6.07, 6.45) is 2.34. The van der Waals surface area contributed by atoms with Gasteiger partial charge >= 0.3 is 0 Å². The molecule has 2 atom stereocenters. The molecule has 1 aromatic carbocycles. The first-order valence-corrected chi connectivity index (χ1v) is 7.32. The van der Waals surface area contributed by atoms with Crippen molar-refractivity contribution in [2.24, 2.45) is 0 Å². The third-order valence-corrected chi connectivity index (χ3v) is 4.24. The summed E-state index contributed by atoms with van der Waals surface area (Å²) in [6.45, 7) is 9.61. The van der Waals surface area contributed by atoms with Crippen molar-refractivity contribution in [2.45, 2.75) is 52.2 Å². The summed E-state index contributed by atoms with van der Waals surface area (Å²) in [7, 11) is 0. The summed E-state index contributed by atoms with van der Waals surface area (Å²) >= 11 is 0. The minimum Gasteiger partial charge on any atom is -0.313 e. The highest BCUT2D eigenvalue weighted by molar-refractivity contribution is 5.26. The minimum atomic E-state index is -0.140. The van der Waals surface area contributed by atoms with Gasteiger partial charge in [0.15, 0.2) is 0 Å². The summed E-state index contributed by atoms with van der Waals surface area (Å²) in [5, 5.41) is 3.60.